The summed E-state index contributed by atoms with van der Waals surface area (Å²) in [6.07, 6.45) is 1.31. The fourth-order valence-corrected chi connectivity index (χ4v) is 2.59. The Hall–Kier alpha value is -2.62. The molecule has 3 rings (SSSR count). The highest BCUT2D eigenvalue weighted by Crippen LogP contribution is 2.25. The first kappa shape index (κ1) is 14.3. The highest BCUT2D eigenvalue weighted by Gasteiger charge is 2.24. The van der Waals surface area contributed by atoms with E-state index in [4.69, 9.17) is 4.74 Å². The van der Waals surface area contributed by atoms with Crippen LogP contribution in [0.1, 0.15) is 34.1 Å². The molecule has 1 aromatic carbocycles. The Morgan fingerprint density at radius 3 is 2.82 bits per heavy atom. The number of hydrogen-bond donors (Lipinski definition) is 1. The van der Waals surface area contributed by atoms with Crippen molar-refractivity contribution in [2.75, 3.05) is 0 Å². The van der Waals surface area contributed by atoms with Gasteiger partial charge in [0, 0.05) is 18.2 Å². The molecule has 0 radical (unpaired) electrons. The van der Waals surface area contributed by atoms with Crippen LogP contribution in [0.15, 0.2) is 48.7 Å². The number of fused-ring (bicyclic) bond motifs is 1. The predicted octanol–water partition coefficient (Wildman–Crippen LogP) is 3.02. The van der Waals surface area contributed by atoms with Gasteiger partial charge >= 0.3 is 0 Å². The molecule has 2 aromatic rings. The van der Waals surface area contributed by atoms with E-state index in [1.807, 2.05) is 43.3 Å². The summed E-state index contributed by atoms with van der Waals surface area (Å²) < 4.78 is 5.80. The SMILES string of the molecule is C=C1Cc2nc(OCc3ccccc3)cc(CC)c2C(=O)N1. The molecule has 1 N–H and O–H groups in total. The van der Waals surface area contributed by atoms with E-state index in [0.717, 1.165) is 23.2 Å². The molecule has 0 spiro atoms. The molecule has 4 nitrogen and oxygen atoms in total. The number of nitrogens with zero attached hydrogens (tertiary/aromatic N) is 1. The van der Waals surface area contributed by atoms with Crippen LogP contribution in [0.4, 0.5) is 0 Å². The number of aromatic nitrogens is 1. The average Bonchev–Trinajstić information content (AvgIpc) is 2.52. The van der Waals surface area contributed by atoms with Crippen LogP contribution in [0.3, 0.4) is 0 Å². The normalized spacial score (nSPS) is 13.5. The van der Waals surface area contributed by atoms with Gasteiger partial charge in [0.1, 0.15) is 6.61 Å². The fourth-order valence-electron chi connectivity index (χ4n) is 2.59. The zero-order valence-electron chi connectivity index (χ0n) is 12.6. The quantitative estimate of drug-likeness (QED) is 0.943. The van der Waals surface area contributed by atoms with Crippen LogP contribution < -0.4 is 10.1 Å². The third-order valence-corrected chi connectivity index (χ3v) is 3.66. The highest BCUT2D eigenvalue weighted by molar-refractivity contribution is 5.99. The number of allylic oxidation sites excluding steroid dienone is 1. The molecule has 0 saturated heterocycles. The van der Waals surface area contributed by atoms with Crippen molar-refractivity contribution >= 4 is 5.91 Å². The van der Waals surface area contributed by atoms with Gasteiger partial charge in [-0.1, -0.05) is 43.8 Å². The highest BCUT2D eigenvalue weighted by atomic mass is 16.5. The minimum atomic E-state index is -0.120. The lowest BCUT2D eigenvalue weighted by Gasteiger charge is -2.21. The van der Waals surface area contributed by atoms with Crippen molar-refractivity contribution in [3.05, 3.63) is 71.1 Å². The van der Waals surface area contributed by atoms with Crippen LogP contribution >= 0.6 is 0 Å². The lowest BCUT2D eigenvalue weighted by molar-refractivity contribution is 0.0957. The van der Waals surface area contributed by atoms with Crippen LogP contribution in [-0.4, -0.2) is 10.9 Å². The standard InChI is InChI=1S/C18H18N2O2/c1-3-14-10-16(22-11-13-7-5-4-6-8-13)20-15-9-12(2)19-18(21)17(14)15/h4-8,10H,2-3,9,11H2,1H3,(H,19,21). The number of hydrogen-bond acceptors (Lipinski definition) is 3. The summed E-state index contributed by atoms with van der Waals surface area (Å²) in [6, 6.07) is 11.8. The number of pyridine rings is 1. The van der Waals surface area contributed by atoms with Crippen molar-refractivity contribution in [2.45, 2.75) is 26.4 Å². The summed E-state index contributed by atoms with van der Waals surface area (Å²) in [6.45, 7) is 6.31. The Balaban J connectivity index is 1.88. The largest absolute Gasteiger partial charge is 0.473 e. The molecular weight excluding hydrogens is 276 g/mol. The van der Waals surface area contributed by atoms with Crippen LogP contribution in [0.5, 0.6) is 5.88 Å². The maximum Gasteiger partial charge on any atom is 0.257 e. The van der Waals surface area contributed by atoms with Crippen LogP contribution in [0.2, 0.25) is 0 Å². The molecule has 0 saturated carbocycles. The van der Waals surface area contributed by atoms with Gasteiger partial charge in [0.25, 0.3) is 5.91 Å². The molecule has 0 aliphatic carbocycles. The molecule has 0 unspecified atom stereocenters. The molecule has 22 heavy (non-hydrogen) atoms. The van der Waals surface area contributed by atoms with Gasteiger partial charge in [-0.25, -0.2) is 4.98 Å². The monoisotopic (exact) mass is 294 g/mol. The number of ether oxygens (including phenoxy) is 1. The molecule has 1 aromatic heterocycles. The summed E-state index contributed by atoms with van der Waals surface area (Å²) >= 11 is 0. The second-order valence-electron chi connectivity index (χ2n) is 5.30. The van der Waals surface area contributed by atoms with E-state index in [9.17, 15) is 4.79 Å². The molecule has 1 aliphatic heterocycles. The van der Waals surface area contributed by atoms with Gasteiger partial charge in [0.05, 0.1) is 11.3 Å². The molecule has 2 heterocycles. The topological polar surface area (TPSA) is 51.2 Å². The Morgan fingerprint density at radius 2 is 2.09 bits per heavy atom. The molecule has 1 aliphatic rings. The van der Waals surface area contributed by atoms with E-state index in [1.165, 1.54) is 0 Å². The van der Waals surface area contributed by atoms with Crippen molar-refractivity contribution < 1.29 is 9.53 Å². The van der Waals surface area contributed by atoms with Gasteiger partial charge in [0.2, 0.25) is 5.88 Å². The van der Waals surface area contributed by atoms with Crippen molar-refractivity contribution in [1.29, 1.82) is 0 Å². The number of carbonyl (C=O) groups is 1. The number of carbonyl (C=O) groups excluding carboxylic acids is 1. The summed E-state index contributed by atoms with van der Waals surface area (Å²) in [5.41, 5.74) is 4.13. The Kier molecular flexibility index (Phi) is 3.92. The van der Waals surface area contributed by atoms with Gasteiger partial charge in [-0.15, -0.1) is 0 Å². The lowest BCUT2D eigenvalue weighted by Crippen LogP contribution is -2.31. The first-order valence-corrected chi connectivity index (χ1v) is 7.36. The van der Waals surface area contributed by atoms with E-state index >= 15 is 0 Å². The van der Waals surface area contributed by atoms with Gasteiger partial charge in [-0.05, 0) is 17.5 Å². The second-order valence-corrected chi connectivity index (χ2v) is 5.30. The maximum atomic E-state index is 12.1. The van der Waals surface area contributed by atoms with E-state index < -0.39 is 0 Å². The first-order valence-electron chi connectivity index (χ1n) is 7.36. The maximum absolute atomic E-state index is 12.1. The number of aryl methyl sites for hydroxylation is 1. The summed E-state index contributed by atoms with van der Waals surface area (Å²) in [4.78, 5) is 16.6. The van der Waals surface area contributed by atoms with Gasteiger partial charge < -0.3 is 10.1 Å². The van der Waals surface area contributed by atoms with Crippen molar-refractivity contribution in [2.24, 2.45) is 0 Å². The van der Waals surface area contributed by atoms with Crippen molar-refractivity contribution in [1.82, 2.24) is 10.3 Å². The molecule has 1 amide bonds. The third-order valence-electron chi connectivity index (χ3n) is 3.66. The van der Waals surface area contributed by atoms with E-state index in [-0.39, 0.29) is 5.91 Å². The Morgan fingerprint density at radius 1 is 1.32 bits per heavy atom. The zero-order chi connectivity index (χ0) is 15.5. The molecule has 0 atom stereocenters. The number of benzene rings is 1. The zero-order valence-corrected chi connectivity index (χ0v) is 12.6. The summed E-state index contributed by atoms with van der Waals surface area (Å²) in [5, 5.41) is 2.77. The van der Waals surface area contributed by atoms with Gasteiger partial charge in [0.15, 0.2) is 0 Å². The van der Waals surface area contributed by atoms with Crippen molar-refractivity contribution in [3.63, 3.8) is 0 Å². The smallest absolute Gasteiger partial charge is 0.257 e. The van der Waals surface area contributed by atoms with E-state index in [0.29, 0.717) is 30.2 Å². The molecular formula is C18H18N2O2. The minimum absolute atomic E-state index is 0.120. The predicted molar refractivity (Wildman–Crippen MR) is 84.7 cm³/mol. The first-order chi connectivity index (χ1) is 10.7. The number of rotatable bonds is 4. The Bertz CT molecular complexity index is 723. The van der Waals surface area contributed by atoms with Crippen LogP contribution in [0.25, 0.3) is 0 Å². The van der Waals surface area contributed by atoms with E-state index in [1.54, 1.807) is 0 Å². The second kappa shape index (κ2) is 6.02. The Labute approximate surface area is 129 Å². The molecule has 112 valence electrons. The van der Waals surface area contributed by atoms with Crippen LogP contribution in [0, 0.1) is 0 Å². The van der Waals surface area contributed by atoms with Crippen molar-refractivity contribution in [3.8, 4) is 5.88 Å². The molecule has 0 fully saturated rings. The summed E-state index contributed by atoms with van der Waals surface area (Å²) in [7, 11) is 0. The average molecular weight is 294 g/mol. The number of amides is 1. The lowest BCUT2D eigenvalue weighted by atomic mass is 9.97. The number of nitrogens with one attached hydrogen (secondary N) is 1. The minimum Gasteiger partial charge on any atom is -0.473 e. The fraction of sp³-hybridized carbons (Fsp3) is 0.222. The van der Waals surface area contributed by atoms with Crippen LogP contribution in [-0.2, 0) is 19.4 Å². The summed E-state index contributed by atoms with van der Waals surface area (Å²) in [5.74, 6) is 0.437. The van der Waals surface area contributed by atoms with E-state index in [2.05, 4.69) is 16.9 Å². The van der Waals surface area contributed by atoms with Gasteiger partial charge in [-0.2, -0.15) is 0 Å². The van der Waals surface area contributed by atoms with Gasteiger partial charge in [-0.3, -0.25) is 4.79 Å². The molecule has 0 bridgehead atoms. The molecule has 4 heteroatoms. The third kappa shape index (κ3) is 2.86.